The topological polar surface area (TPSA) is 80.5 Å². The molecule has 1 atom stereocenters. The van der Waals surface area contributed by atoms with Gasteiger partial charge in [-0.2, -0.15) is 0 Å². The molecule has 92 valence electrons. The number of nitrogens with one attached hydrogen (secondary N) is 1. The van der Waals surface area contributed by atoms with Crippen molar-refractivity contribution in [1.29, 1.82) is 0 Å². The number of nitrogens with two attached hydrogens (primary N) is 1. The maximum absolute atomic E-state index is 12.2. The van der Waals surface area contributed by atoms with Crippen molar-refractivity contribution >= 4 is 11.6 Å². The molecule has 1 aliphatic rings. The van der Waals surface area contributed by atoms with Gasteiger partial charge in [0.2, 0.25) is 0 Å². The molecule has 6 heteroatoms. The van der Waals surface area contributed by atoms with Gasteiger partial charge in [0.1, 0.15) is 0 Å². The monoisotopic (exact) mass is 236 g/mol. The van der Waals surface area contributed by atoms with E-state index < -0.39 is 0 Å². The summed E-state index contributed by atoms with van der Waals surface area (Å²) in [6.07, 6.45) is 4.13. The summed E-state index contributed by atoms with van der Waals surface area (Å²) < 4.78 is 5.24. The third-order valence-corrected chi connectivity index (χ3v) is 2.97. The number of ether oxygens (including phenoxy) is 1. The van der Waals surface area contributed by atoms with Crippen LogP contribution in [0.25, 0.3) is 0 Å². The van der Waals surface area contributed by atoms with E-state index in [-0.39, 0.29) is 12.0 Å². The number of hydrogen-bond donors (Lipinski definition) is 2. The number of rotatable bonds is 3. The number of nitrogen functional groups attached to an aromatic ring is 1. The fourth-order valence-electron chi connectivity index (χ4n) is 1.97. The van der Waals surface area contributed by atoms with Crippen LogP contribution in [0.15, 0.2) is 18.5 Å². The lowest BCUT2D eigenvalue weighted by Gasteiger charge is -2.17. The predicted molar refractivity (Wildman–Crippen MR) is 63.4 cm³/mol. The Bertz CT molecular complexity index is 410. The van der Waals surface area contributed by atoms with E-state index in [9.17, 15) is 4.79 Å². The van der Waals surface area contributed by atoms with Crippen LogP contribution in [0.1, 0.15) is 16.8 Å². The van der Waals surface area contributed by atoms with Gasteiger partial charge in [0.15, 0.2) is 0 Å². The zero-order valence-corrected chi connectivity index (χ0v) is 9.72. The summed E-state index contributed by atoms with van der Waals surface area (Å²) in [4.78, 5) is 17.9. The maximum atomic E-state index is 12.2. The van der Waals surface area contributed by atoms with Crippen molar-refractivity contribution in [3.8, 4) is 0 Å². The van der Waals surface area contributed by atoms with E-state index in [4.69, 9.17) is 10.6 Å². The second-order valence-corrected chi connectivity index (χ2v) is 3.96. The Morgan fingerprint density at radius 3 is 3.18 bits per heavy atom. The van der Waals surface area contributed by atoms with Crippen molar-refractivity contribution < 1.29 is 9.53 Å². The van der Waals surface area contributed by atoms with E-state index in [0.29, 0.717) is 24.3 Å². The van der Waals surface area contributed by atoms with E-state index in [1.807, 2.05) is 0 Å². The molecule has 2 heterocycles. The Morgan fingerprint density at radius 2 is 2.53 bits per heavy atom. The van der Waals surface area contributed by atoms with Gasteiger partial charge in [-0.1, -0.05) is 0 Å². The van der Waals surface area contributed by atoms with Crippen molar-refractivity contribution in [3.05, 3.63) is 24.0 Å². The number of carbonyl (C=O) groups is 1. The number of amides is 1. The zero-order chi connectivity index (χ0) is 12.3. The van der Waals surface area contributed by atoms with E-state index in [2.05, 4.69) is 10.4 Å². The normalized spacial score (nSPS) is 19.4. The zero-order valence-electron chi connectivity index (χ0n) is 9.72. The molecule has 0 bridgehead atoms. The molecular weight excluding hydrogens is 220 g/mol. The molecule has 1 amide bonds. The maximum Gasteiger partial charge on any atom is 0.256 e. The number of nitrogens with zero attached hydrogens (tertiary/aromatic N) is 2. The van der Waals surface area contributed by atoms with E-state index in [0.717, 1.165) is 6.42 Å². The third kappa shape index (κ3) is 2.37. The second kappa shape index (κ2) is 5.11. The molecule has 0 radical (unpaired) electrons. The number of hydrazine groups is 1. The molecule has 1 aromatic rings. The van der Waals surface area contributed by atoms with Gasteiger partial charge < -0.3 is 15.1 Å². The van der Waals surface area contributed by atoms with Crippen molar-refractivity contribution in [1.82, 2.24) is 9.88 Å². The van der Waals surface area contributed by atoms with E-state index >= 15 is 0 Å². The predicted octanol–water partition coefficient (Wildman–Crippen LogP) is 0.228. The number of hydrogen-bond acceptors (Lipinski definition) is 5. The van der Waals surface area contributed by atoms with Gasteiger partial charge in [0.05, 0.1) is 23.6 Å². The minimum Gasteiger partial charge on any atom is -0.380 e. The highest BCUT2D eigenvalue weighted by Gasteiger charge is 2.27. The van der Waals surface area contributed by atoms with Gasteiger partial charge in [-0.15, -0.1) is 0 Å². The molecule has 1 aliphatic heterocycles. The molecule has 17 heavy (non-hydrogen) atoms. The number of aromatic nitrogens is 1. The number of likely N-dealkylation sites (tertiary alicyclic amines) is 1. The van der Waals surface area contributed by atoms with Crippen LogP contribution in [0.2, 0.25) is 0 Å². The molecule has 1 aromatic heterocycles. The van der Waals surface area contributed by atoms with Gasteiger partial charge >= 0.3 is 0 Å². The van der Waals surface area contributed by atoms with Gasteiger partial charge in [0, 0.05) is 26.4 Å². The summed E-state index contributed by atoms with van der Waals surface area (Å²) >= 11 is 0. The quantitative estimate of drug-likeness (QED) is 0.580. The lowest BCUT2D eigenvalue weighted by Crippen LogP contribution is -2.31. The Morgan fingerprint density at radius 1 is 1.71 bits per heavy atom. The summed E-state index contributed by atoms with van der Waals surface area (Å²) in [5, 5.41) is 0. The first-order valence-electron chi connectivity index (χ1n) is 5.49. The van der Waals surface area contributed by atoms with Gasteiger partial charge in [-0.25, -0.2) is 0 Å². The average Bonchev–Trinajstić information content (AvgIpc) is 2.86. The summed E-state index contributed by atoms with van der Waals surface area (Å²) in [6, 6.07) is 1.66. The SMILES string of the molecule is COC1CCN(C(=O)c2ccncc2NN)C1. The highest BCUT2D eigenvalue weighted by molar-refractivity contribution is 5.99. The summed E-state index contributed by atoms with van der Waals surface area (Å²) in [6.45, 7) is 1.34. The Labute approximate surface area is 99.7 Å². The average molecular weight is 236 g/mol. The van der Waals surface area contributed by atoms with Gasteiger partial charge in [0.25, 0.3) is 5.91 Å². The van der Waals surface area contributed by atoms with Crippen LogP contribution in [-0.4, -0.2) is 42.1 Å². The second-order valence-electron chi connectivity index (χ2n) is 3.96. The van der Waals surface area contributed by atoms with E-state index in [1.165, 1.54) is 6.20 Å². The third-order valence-electron chi connectivity index (χ3n) is 2.97. The fraction of sp³-hybridized carbons (Fsp3) is 0.455. The minimum absolute atomic E-state index is 0.0418. The smallest absolute Gasteiger partial charge is 0.256 e. The lowest BCUT2D eigenvalue weighted by molar-refractivity contribution is 0.0725. The lowest BCUT2D eigenvalue weighted by atomic mass is 10.2. The molecule has 1 fully saturated rings. The Hall–Kier alpha value is -1.66. The first-order valence-corrected chi connectivity index (χ1v) is 5.49. The highest BCUT2D eigenvalue weighted by atomic mass is 16.5. The number of methoxy groups -OCH3 is 1. The van der Waals surface area contributed by atoms with Crippen molar-refractivity contribution in [3.63, 3.8) is 0 Å². The largest absolute Gasteiger partial charge is 0.380 e. The number of carbonyl (C=O) groups excluding carboxylic acids is 1. The molecule has 0 aromatic carbocycles. The first-order chi connectivity index (χ1) is 8.26. The number of pyridine rings is 1. The van der Waals surface area contributed by atoms with Gasteiger partial charge in [-0.3, -0.25) is 15.6 Å². The van der Waals surface area contributed by atoms with Crippen LogP contribution in [0.4, 0.5) is 5.69 Å². The Balaban J connectivity index is 2.15. The fourth-order valence-corrected chi connectivity index (χ4v) is 1.97. The van der Waals surface area contributed by atoms with Crippen LogP contribution >= 0.6 is 0 Å². The van der Waals surface area contributed by atoms with Crippen molar-refractivity contribution in [2.24, 2.45) is 5.84 Å². The van der Waals surface area contributed by atoms with Crippen LogP contribution < -0.4 is 11.3 Å². The summed E-state index contributed by atoms with van der Waals surface area (Å²) in [5.41, 5.74) is 3.57. The molecule has 0 spiro atoms. The summed E-state index contributed by atoms with van der Waals surface area (Å²) in [5.74, 6) is 5.31. The standard InChI is InChI=1S/C11H16N4O2/c1-17-8-3-5-15(7-8)11(16)9-2-4-13-6-10(9)14-12/h2,4,6,8,14H,3,5,7,12H2,1H3. The van der Waals surface area contributed by atoms with Crippen molar-refractivity contribution in [2.45, 2.75) is 12.5 Å². The van der Waals surface area contributed by atoms with Crippen LogP contribution in [0, 0.1) is 0 Å². The number of anilines is 1. The molecule has 1 saturated heterocycles. The van der Waals surface area contributed by atoms with Gasteiger partial charge in [-0.05, 0) is 12.5 Å². The highest BCUT2D eigenvalue weighted by Crippen LogP contribution is 2.19. The van der Waals surface area contributed by atoms with Crippen molar-refractivity contribution in [2.75, 3.05) is 25.6 Å². The molecule has 3 N–H and O–H groups in total. The molecule has 1 unspecified atom stereocenters. The summed E-state index contributed by atoms with van der Waals surface area (Å²) in [7, 11) is 1.66. The molecule has 6 nitrogen and oxygen atoms in total. The molecular formula is C11H16N4O2. The van der Waals surface area contributed by atoms with E-state index in [1.54, 1.807) is 24.3 Å². The first kappa shape index (κ1) is 11.8. The Kier molecular flexibility index (Phi) is 3.55. The molecule has 0 saturated carbocycles. The van der Waals surface area contributed by atoms with Crippen LogP contribution in [-0.2, 0) is 4.74 Å². The molecule has 0 aliphatic carbocycles. The van der Waals surface area contributed by atoms with Crippen LogP contribution in [0.3, 0.4) is 0 Å². The van der Waals surface area contributed by atoms with Crippen LogP contribution in [0.5, 0.6) is 0 Å². The molecule has 2 rings (SSSR count). The minimum atomic E-state index is -0.0418.